The van der Waals surface area contributed by atoms with E-state index < -0.39 is 0 Å². The number of carbonyl (C=O) groups excluding carboxylic acids is 2. The third-order valence-electron chi connectivity index (χ3n) is 5.40. The summed E-state index contributed by atoms with van der Waals surface area (Å²) < 4.78 is 5.31. The summed E-state index contributed by atoms with van der Waals surface area (Å²) >= 11 is 0. The van der Waals surface area contributed by atoms with Crippen molar-refractivity contribution >= 4 is 23.3 Å². The van der Waals surface area contributed by atoms with E-state index >= 15 is 0 Å². The fourth-order valence-corrected chi connectivity index (χ4v) is 3.59. The van der Waals surface area contributed by atoms with Gasteiger partial charge in [-0.15, -0.1) is 0 Å². The molecule has 0 aliphatic carbocycles. The summed E-state index contributed by atoms with van der Waals surface area (Å²) in [6, 6.07) is 15.4. The van der Waals surface area contributed by atoms with E-state index in [1.165, 1.54) is 6.92 Å². The van der Waals surface area contributed by atoms with E-state index in [9.17, 15) is 9.59 Å². The first-order chi connectivity index (χ1) is 14.4. The van der Waals surface area contributed by atoms with Crippen LogP contribution in [-0.2, 0) is 11.3 Å². The Balaban J connectivity index is 1.46. The lowest BCUT2D eigenvalue weighted by Crippen LogP contribution is -2.34. The van der Waals surface area contributed by atoms with Crippen molar-refractivity contribution < 1.29 is 14.3 Å². The Bertz CT molecular complexity index is 886. The number of amides is 3. The maximum absolute atomic E-state index is 12.3. The van der Waals surface area contributed by atoms with Gasteiger partial charge in [0.05, 0.1) is 7.11 Å². The standard InChI is InChI=1S/C23H30N4O3/c1-17(28)26(2)15-18-6-4-7-20(12-18)25-23(29)24-14-19-10-11-27(16-19)21-8-5-9-22(13-21)30-3/h4-9,12-13,19H,10-11,14-16H2,1-3H3,(H2,24,25,29). The van der Waals surface area contributed by atoms with Gasteiger partial charge in [0, 0.05) is 57.6 Å². The highest BCUT2D eigenvalue weighted by Crippen LogP contribution is 2.26. The molecule has 7 nitrogen and oxygen atoms in total. The molecule has 0 radical (unpaired) electrons. The second-order valence-corrected chi connectivity index (χ2v) is 7.71. The summed E-state index contributed by atoms with van der Waals surface area (Å²) in [5.74, 6) is 1.26. The first kappa shape index (κ1) is 21.5. The molecule has 1 atom stereocenters. The van der Waals surface area contributed by atoms with Crippen LogP contribution < -0.4 is 20.3 Å². The zero-order valence-corrected chi connectivity index (χ0v) is 17.9. The summed E-state index contributed by atoms with van der Waals surface area (Å²) in [5.41, 5.74) is 2.83. The van der Waals surface area contributed by atoms with Crippen molar-refractivity contribution in [1.29, 1.82) is 0 Å². The molecule has 3 amide bonds. The second-order valence-electron chi connectivity index (χ2n) is 7.71. The third kappa shape index (κ3) is 5.89. The molecule has 1 aliphatic heterocycles. The Kier molecular flexibility index (Phi) is 7.17. The van der Waals surface area contributed by atoms with Crippen molar-refractivity contribution in [3.05, 3.63) is 54.1 Å². The number of rotatable bonds is 7. The first-order valence-electron chi connectivity index (χ1n) is 10.2. The fraction of sp³-hybridized carbons (Fsp3) is 0.391. The molecule has 0 spiro atoms. The number of anilines is 2. The van der Waals surface area contributed by atoms with E-state index in [2.05, 4.69) is 21.6 Å². The van der Waals surface area contributed by atoms with Crippen molar-refractivity contribution in [3.8, 4) is 5.75 Å². The molecule has 1 aliphatic rings. The van der Waals surface area contributed by atoms with Gasteiger partial charge in [-0.25, -0.2) is 4.79 Å². The van der Waals surface area contributed by atoms with Crippen molar-refractivity contribution in [1.82, 2.24) is 10.2 Å². The summed E-state index contributed by atoms with van der Waals surface area (Å²) in [6.45, 7) is 4.54. The molecule has 1 saturated heterocycles. The van der Waals surface area contributed by atoms with E-state index in [0.29, 0.717) is 24.7 Å². The molecule has 0 aromatic heterocycles. The minimum atomic E-state index is -0.216. The first-order valence-corrected chi connectivity index (χ1v) is 10.2. The van der Waals surface area contributed by atoms with Crippen LogP contribution in [0.1, 0.15) is 18.9 Å². The van der Waals surface area contributed by atoms with Crippen LogP contribution in [0.25, 0.3) is 0 Å². The molecular formula is C23H30N4O3. The van der Waals surface area contributed by atoms with E-state index in [1.807, 2.05) is 42.5 Å². The number of nitrogens with one attached hydrogen (secondary N) is 2. The minimum Gasteiger partial charge on any atom is -0.497 e. The Hall–Kier alpha value is -3.22. The van der Waals surface area contributed by atoms with Gasteiger partial charge in [-0.1, -0.05) is 18.2 Å². The number of carbonyl (C=O) groups is 2. The zero-order chi connectivity index (χ0) is 21.5. The predicted molar refractivity (Wildman–Crippen MR) is 119 cm³/mol. The van der Waals surface area contributed by atoms with Crippen LogP contribution in [0.2, 0.25) is 0 Å². The Morgan fingerprint density at radius 1 is 1.20 bits per heavy atom. The maximum atomic E-state index is 12.3. The van der Waals surface area contributed by atoms with Crippen molar-refractivity contribution in [2.75, 3.05) is 44.0 Å². The van der Waals surface area contributed by atoms with Gasteiger partial charge in [0.15, 0.2) is 0 Å². The Labute approximate surface area is 178 Å². The minimum absolute atomic E-state index is 0.00524. The lowest BCUT2D eigenvalue weighted by molar-refractivity contribution is -0.128. The average molecular weight is 411 g/mol. The average Bonchev–Trinajstić information content (AvgIpc) is 3.21. The highest BCUT2D eigenvalue weighted by atomic mass is 16.5. The number of nitrogens with zero attached hydrogens (tertiary/aromatic N) is 2. The third-order valence-corrected chi connectivity index (χ3v) is 5.40. The molecule has 0 saturated carbocycles. The van der Waals surface area contributed by atoms with Crippen LogP contribution in [0, 0.1) is 5.92 Å². The van der Waals surface area contributed by atoms with Crippen molar-refractivity contribution in [2.45, 2.75) is 19.9 Å². The number of hydrogen-bond donors (Lipinski definition) is 2. The number of methoxy groups -OCH3 is 1. The van der Waals surface area contributed by atoms with Gasteiger partial charge in [-0.05, 0) is 42.2 Å². The van der Waals surface area contributed by atoms with Gasteiger partial charge in [0.2, 0.25) is 5.91 Å². The van der Waals surface area contributed by atoms with Gasteiger partial charge in [-0.2, -0.15) is 0 Å². The van der Waals surface area contributed by atoms with Gasteiger partial charge in [0.1, 0.15) is 5.75 Å². The van der Waals surface area contributed by atoms with Crippen molar-refractivity contribution in [2.24, 2.45) is 5.92 Å². The van der Waals surface area contributed by atoms with Crippen LogP contribution >= 0.6 is 0 Å². The van der Waals surface area contributed by atoms with E-state index in [-0.39, 0.29) is 11.9 Å². The highest BCUT2D eigenvalue weighted by Gasteiger charge is 2.23. The summed E-state index contributed by atoms with van der Waals surface area (Å²) in [5, 5.41) is 5.86. The molecule has 160 valence electrons. The molecule has 0 bridgehead atoms. The lowest BCUT2D eigenvalue weighted by Gasteiger charge is -2.19. The summed E-state index contributed by atoms with van der Waals surface area (Å²) in [4.78, 5) is 27.7. The van der Waals surface area contributed by atoms with E-state index in [1.54, 1.807) is 19.1 Å². The smallest absolute Gasteiger partial charge is 0.319 e. The zero-order valence-electron chi connectivity index (χ0n) is 17.9. The molecule has 1 heterocycles. The number of ether oxygens (including phenoxy) is 1. The van der Waals surface area contributed by atoms with Crippen molar-refractivity contribution in [3.63, 3.8) is 0 Å². The Morgan fingerprint density at radius 2 is 2.00 bits per heavy atom. The monoisotopic (exact) mass is 410 g/mol. The maximum Gasteiger partial charge on any atom is 0.319 e. The predicted octanol–water partition coefficient (Wildman–Crippen LogP) is 3.32. The van der Waals surface area contributed by atoms with E-state index in [0.717, 1.165) is 36.5 Å². The second kappa shape index (κ2) is 10.0. The fourth-order valence-electron chi connectivity index (χ4n) is 3.59. The largest absolute Gasteiger partial charge is 0.497 e. The SMILES string of the molecule is COc1cccc(N2CCC(CNC(=O)Nc3cccc(CN(C)C(C)=O)c3)C2)c1. The quantitative estimate of drug-likeness (QED) is 0.734. The summed E-state index contributed by atoms with van der Waals surface area (Å²) in [7, 11) is 3.43. The van der Waals surface area contributed by atoms with Gasteiger partial charge in [0.25, 0.3) is 0 Å². The van der Waals surface area contributed by atoms with Crippen LogP contribution in [0.15, 0.2) is 48.5 Å². The van der Waals surface area contributed by atoms with Gasteiger partial charge in [-0.3, -0.25) is 4.79 Å². The molecule has 7 heteroatoms. The number of benzene rings is 2. The molecule has 30 heavy (non-hydrogen) atoms. The normalized spacial score (nSPS) is 15.6. The molecule has 2 N–H and O–H groups in total. The molecule has 1 unspecified atom stereocenters. The Morgan fingerprint density at radius 3 is 2.77 bits per heavy atom. The molecular weight excluding hydrogens is 380 g/mol. The molecule has 2 aromatic rings. The van der Waals surface area contributed by atoms with E-state index in [4.69, 9.17) is 4.74 Å². The van der Waals surface area contributed by atoms with Crippen LogP contribution in [-0.4, -0.2) is 50.6 Å². The van der Waals surface area contributed by atoms with Crippen LogP contribution in [0.3, 0.4) is 0 Å². The van der Waals surface area contributed by atoms with Gasteiger partial charge >= 0.3 is 6.03 Å². The molecule has 3 rings (SSSR count). The topological polar surface area (TPSA) is 73.9 Å². The molecule has 1 fully saturated rings. The van der Waals surface area contributed by atoms with Crippen LogP contribution in [0.5, 0.6) is 5.75 Å². The lowest BCUT2D eigenvalue weighted by atomic mass is 10.1. The highest BCUT2D eigenvalue weighted by molar-refractivity contribution is 5.89. The number of hydrogen-bond acceptors (Lipinski definition) is 4. The summed E-state index contributed by atoms with van der Waals surface area (Å²) in [6.07, 6.45) is 1.03. The number of urea groups is 1. The molecule has 2 aromatic carbocycles. The van der Waals surface area contributed by atoms with Crippen LogP contribution in [0.4, 0.5) is 16.2 Å². The van der Waals surface area contributed by atoms with Gasteiger partial charge < -0.3 is 25.2 Å².